The van der Waals surface area contributed by atoms with Crippen LogP contribution in [0, 0.1) is 5.82 Å². The summed E-state index contributed by atoms with van der Waals surface area (Å²) in [5.41, 5.74) is 0.446. The Labute approximate surface area is 149 Å². The second-order valence-corrected chi connectivity index (χ2v) is 6.20. The predicted octanol–water partition coefficient (Wildman–Crippen LogP) is 0.872. The van der Waals surface area contributed by atoms with Crippen LogP contribution in [0.15, 0.2) is 41.2 Å². The minimum absolute atomic E-state index is 0.0304. The second-order valence-electron chi connectivity index (χ2n) is 6.20. The van der Waals surface area contributed by atoms with Crippen LogP contribution in [0.1, 0.15) is 28.9 Å². The third-order valence-electron chi connectivity index (χ3n) is 4.32. The van der Waals surface area contributed by atoms with Crippen molar-refractivity contribution < 1.29 is 14.0 Å². The molecule has 2 heterocycles. The van der Waals surface area contributed by atoms with Gasteiger partial charge in [0.05, 0.1) is 6.04 Å². The lowest BCUT2D eigenvalue weighted by Gasteiger charge is -2.28. The van der Waals surface area contributed by atoms with Gasteiger partial charge in [0.25, 0.3) is 11.5 Å². The van der Waals surface area contributed by atoms with Gasteiger partial charge in [0.15, 0.2) is 0 Å². The normalized spacial score (nSPS) is 15.1. The van der Waals surface area contributed by atoms with E-state index in [1.165, 1.54) is 24.3 Å². The molecule has 2 amide bonds. The molecular formula is C18H19FN4O3. The number of amides is 2. The van der Waals surface area contributed by atoms with E-state index in [4.69, 9.17) is 0 Å². The largest absolute Gasteiger partial charge is 0.349 e. The van der Waals surface area contributed by atoms with Crippen molar-refractivity contribution in [3.05, 3.63) is 63.8 Å². The van der Waals surface area contributed by atoms with Gasteiger partial charge >= 0.3 is 0 Å². The molecule has 0 spiro atoms. The van der Waals surface area contributed by atoms with E-state index in [1.54, 1.807) is 17.0 Å². The van der Waals surface area contributed by atoms with E-state index in [2.05, 4.69) is 15.5 Å². The Morgan fingerprint density at radius 2 is 2.15 bits per heavy atom. The molecular weight excluding hydrogens is 339 g/mol. The average molecular weight is 358 g/mol. The van der Waals surface area contributed by atoms with Crippen molar-refractivity contribution in [2.75, 3.05) is 13.1 Å². The van der Waals surface area contributed by atoms with Crippen molar-refractivity contribution in [2.45, 2.75) is 25.3 Å². The number of rotatable bonds is 6. The van der Waals surface area contributed by atoms with Gasteiger partial charge in [0.1, 0.15) is 11.5 Å². The van der Waals surface area contributed by atoms with Crippen molar-refractivity contribution >= 4 is 11.8 Å². The van der Waals surface area contributed by atoms with E-state index in [1.807, 2.05) is 0 Å². The molecule has 1 unspecified atom stereocenters. The van der Waals surface area contributed by atoms with Crippen molar-refractivity contribution in [1.82, 2.24) is 20.4 Å². The van der Waals surface area contributed by atoms with Crippen LogP contribution in [0.5, 0.6) is 0 Å². The fraction of sp³-hybridized carbons (Fsp3) is 0.333. The highest BCUT2D eigenvalue weighted by Gasteiger charge is 2.28. The Morgan fingerprint density at radius 1 is 1.31 bits per heavy atom. The van der Waals surface area contributed by atoms with Crippen molar-refractivity contribution in [3.8, 4) is 0 Å². The van der Waals surface area contributed by atoms with E-state index in [0.29, 0.717) is 19.4 Å². The highest BCUT2D eigenvalue weighted by atomic mass is 19.1. The zero-order chi connectivity index (χ0) is 18.5. The summed E-state index contributed by atoms with van der Waals surface area (Å²) in [5, 5.41) is 8.63. The summed E-state index contributed by atoms with van der Waals surface area (Å²) >= 11 is 0. The molecule has 1 aliphatic rings. The van der Waals surface area contributed by atoms with Gasteiger partial charge in [-0.25, -0.2) is 9.49 Å². The molecule has 26 heavy (non-hydrogen) atoms. The lowest BCUT2D eigenvalue weighted by Crippen LogP contribution is -2.46. The molecule has 8 heteroatoms. The maximum Gasteiger partial charge on any atom is 0.271 e. The summed E-state index contributed by atoms with van der Waals surface area (Å²) in [4.78, 5) is 37.1. The Balaban J connectivity index is 1.70. The zero-order valence-corrected chi connectivity index (χ0v) is 14.1. The molecule has 2 aromatic rings. The maximum absolute atomic E-state index is 13.5. The standard InChI is InChI=1S/C18H19FN4O3/c19-13-4-1-3-12(9-13)10-14(23-8-2-5-17(23)25)11-20-18(26)15-6-7-16(24)22-21-15/h1,3-4,6-7,9,14H,2,5,8,10-11H2,(H,20,26)(H,22,24). The van der Waals surface area contributed by atoms with Crippen molar-refractivity contribution in [1.29, 1.82) is 0 Å². The van der Waals surface area contributed by atoms with Gasteiger partial charge < -0.3 is 10.2 Å². The summed E-state index contributed by atoms with van der Waals surface area (Å²) in [6.45, 7) is 0.827. The lowest BCUT2D eigenvalue weighted by atomic mass is 10.0. The number of aromatic nitrogens is 2. The first kappa shape index (κ1) is 17.8. The van der Waals surface area contributed by atoms with Gasteiger partial charge in [-0.05, 0) is 36.6 Å². The smallest absolute Gasteiger partial charge is 0.271 e. The Bertz CT molecular complexity index is 847. The Hall–Kier alpha value is -3.03. The van der Waals surface area contributed by atoms with E-state index >= 15 is 0 Å². The van der Waals surface area contributed by atoms with Crippen LogP contribution in [0.3, 0.4) is 0 Å². The van der Waals surface area contributed by atoms with Gasteiger partial charge in [-0.2, -0.15) is 5.10 Å². The summed E-state index contributed by atoms with van der Waals surface area (Å²) in [5.74, 6) is -0.754. The number of carbonyl (C=O) groups is 2. The number of carbonyl (C=O) groups excluding carboxylic acids is 2. The summed E-state index contributed by atoms with van der Waals surface area (Å²) in [7, 11) is 0. The molecule has 1 aromatic heterocycles. The highest BCUT2D eigenvalue weighted by Crippen LogP contribution is 2.17. The minimum atomic E-state index is -0.447. The number of nitrogens with zero attached hydrogens (tertiary/aromatic N) is 2. The number of benzene rings is 1. The van der Waals surface area contributed by atoms with Gasteiger partial charge in [-0.15, -0.1) is 0 Å². The third-order valence-corrected chi connectivity index (χ3v) is 4.32. The van der Waals surface area contributed by atoms with Gasteiger partial charge in [0, 0.05) is 25.6 Å². The molecule has 136 valence electrons. The highest BCUT2D eigenvalue weighted by molar-refractivity contribution is 5.92. The lowest BCUT2D eigenvalue weighted by molar-refractivity contribution is -0.129. The molecule has 0 saturated carbocycles. The number of hydrogen-bond acceptors (Lipinski definition) is 4. The Morgan fingerprint density at radius 3 is 2.81 bits per heavy atom. The minimum Gasteiger partial charge on any atom is -0.349 e. The van der Waals surface area contributed by atoms with Crippen LogP contribution in [-0.2, 0) is 11.2 Å². The SMILES string of the molecule is O=C(NCC(Cc1cccc(F)c1)N1CCCC1=O)c1ccc(=O)[nH]n1. The van der Waals surface area contributed by atoms with Crippen molar-refractivity contribution in [3.63, 3.8) is 0 Å². The fourth-order valence-electron chi connectivity index (χ4n) is 3.06. The number of aromatic amines is 1. The van der Waals surface area contributed by atoms with Crippen LogP contribution >= 0.6 is 0 Å². The van der Waals surface area contributed by atoms with E-state index in [0.717, 1.165) is 12.0 Å². The molecule has 1 aromatic carbocycles. The quantitative estimate of drug-likeness (QED) is 0.801. The van der Waals surface area contributed by atoms with E-state index in [-0.39, 0.29) is 30.0 Å². The fourth-order valence-corrected chi connectivity index (χ4v) is 3.06. The maximum atomic E-state index is 13.5. The van der Waals surface area contributed by atoms with Crippen LogP contribution in [0.25, 0.3) is 0 Å². The molecule has 7 nitrogen and oxygen atoms in total. The monoisotopic (exact) mass is 358 g/mol. The van der Waals surface area contributed by atoms with Gasteiger partial charge in [-0.3, -0.25) is 14.4 Å². The first-order valence-corrected chi connectivity index (χ1v) is 8.41. The molecule has 0 radical (unpaired) electrons. The Kier molecular flexibility index (Phi) is 5.40. The van der Waals surface area contributed by atoms with Crippen LogP contribution in [0.2, 0.25) is 0 Å². The predicted molar refractivity (Wildman–Crippen MR) is 92.0 cm³/mol. The molecule has 1 saturated heterocycles. The summed E-state index contributed by atoms with van der Waals surface area (Å²) < 4.78 is 13.5. The number of H-pyrrole nitrogens is 1. The van der Waals surface area contributed by atoms with Crippen LogP contribution in [-0.4, -0.2) is 46.0 Å². The van der Waals surface area contributed by atoms with Crippen molar-refractivity contribution in [2.24, 2.45) is 0 Å². The number of likely N-dealkylation sites (tertiary alicyclic amines) is 1. The first-order valence-electron chi connectivity index (χ1n) is 8.41. The molecule has 3 rings (SSSR count). The van der Waals surface area contributed by atoms with E-state index in [9.17, 15) is 18.8 Å². The summed E-state index contributed by atoms with van der Waals surface area (Å²) in [6.07, 6.45) is 1.69. The number of halogens is 1. The number of nitrogens with one attached hydrogen (secondary N) is 2. The second kappa shape index (κ2) is 7.90. The van der Waals surface area contributed by atoms with Gasteiger partial charge in [-0.1, -0.05) is 12.1 Å². The molecule has 2 N–H and O–H groups in total. The third kappa shape index (κ3) is 4.33. The molecule has 1 aliphatic heterocycles. The molecule has 1 fully saturated rings. The van der Waals surface area contributed by atoms with E-state index < -0.39 is 11.5 Å². The molecule has 1 atom stereocenters. The van der Waals surface area contributed by atoms with Crippen LogP contribution < -0.4 is 10.9 Å². The zero-order valence-electron chi connectivity index (χ0n) is 14.1. The molecule has 0 bridgehead atoms. The number of hydrogen-bond donors (Lipinski definition) is 2. The van der Waals surface area contributed by atoms with Crippen LogP contribution in [0.4, 0.5) is 4.39 Å². The first-order chi connectivity index (χ1) is 12.5. The van der Waals surface area contributed by atoms with Gasteiger partial charge in [0.2, 0.25) is 5.91 Å². The average Bonchev–Trinajstić information content (AvgIpc) is 3.05. The topological polar surface area (TPSA) is 95.2 Å². The summed E-state index contributed by atoms with van der Waals surface area (Å²) in [6, 6.07) is 8.48. The molecule has 0 aliphatic carbocycles.